The minimum absolute atomic E-state index is 0.163. The molecule has 1 saturated carbocycles. The van der Waals surface area contributed by atoms with Crippen LogP contribution in [0.4, 0.5) is 0 Å². The van der Waals surface area contributed by atoms with Crippen LogP contribution in [0.5, 0.6) is 0 Å². The lowest BCUT2D eigenvalue weighted by Crippen LogP contribution is -2.61. The summed E-state index contributed by atoms with van der Waals surface area (Å²) < 4.78 is 22.9. The number of nitrogens with zero attached hydrogens (tertiary/aromatic N) is 2. The Hall–Kier alpha value is -1.71. The summed E-state index contributed by atoms with van der Waals surface area (Å²) in [6, 6.07) is 0. The van der Waals surface area contributed by atoms with Gasteiger partial charge in [0.05, 0.1) is 19.1 Å². The first kappa shape index (κ1) is 25.5. The molecule has 0 aromatic rings. The molecule has 1 atom stereocenters. The molecule has 0 bridgehead atoms. The van der Waals surface area contributed by atoms with Crippen molar-refractivity contribution in [3.05, 3.63) is 0 Å². The van der Waals surface area contributed by atoms with Gasteiger partial charge in [0.1, 0.15) is 12.2 Å². The van der Waals surface area contributed by atoms with E-state index in [0.29, 0.717) is 38.8 Å². The van der Waals surface area contributed by atoms with Crippen LogP contribution in [0.2, 0.25) is 0 Å². The summed E-state index contributed by atoms with van der Waals surface area (Å²) in [4.78, 5) is 40.8. The quantitative estimate of drug-likeness (QED) is 0.416. The highest BCUT2D eigenvalue weighted by molar-refractivity contribution is 5.80. The predicted molar refractivity (Wildman–Crippen MR) is 113 cm³/mol. The SMILES string of the molecule is COC(=O)C1CCC(OC(OCC(=O)N(C)C)(C(=O)OC(C)(C)C)N2CCCC2)CC1. The van der Waals surface area contributed by atoms with Gasteiger partial charge in [-0.25, -0.2) is 9.69 Å². The Morgan fingerprint density at radius 2 is 1.58 bits per heavy atom. The van der Waals surface area contributed by atoms with E-state index in [2.05, 4.69) is 0 Å². The Morgan fingerprint density at radius 3 is 2.06 bits per heavy atom. The minimum Gasteiger partial charge on any atom is -0.469 e. The fourth-order valence-electron chi connectivity index (χ4n) is 3.89. The molecule has 1 aliphatic heterocycles. The smallest absolute Gasteiger partial charge is 0.384 e. The van der Waals surface area contributed by atoms with Gasteiger partial charge in [-0.1, -0.05) is 0 Å². The Labute approximate surface area is 185 Å². The number of hydrogen-bond acceptors (Lipinski definition) is 8. The van der Waals surface area contributed by atoms with Crippen molar-refractivity contribution in [3.63, 3.8) is 0 Å². The van der Waals surface area contributed by atoms with E-state index in [1.54, 1.807) is 34.9 Å². The van der Waals surface area contributed by atoms with Crippen LogP contribution in [0.1, 0.15) is 59.3 Å². The van der Waals surface area contributed by atoms with Gasteiger partial charge >= 0.3 is 17.8 Å². The van der Waals surface area contributed by atoms with Crippen molar-refractivity contribution in [3.8, 4) is 0 Å². The predicted octanol–water partition coefficient (Wildman–Crippen LogP) is 1.93. The van der Waals surface area contributed by atoms with E-state index in [-0.39, 0.29) is 30.5 Å². The van der Waals surface area contributed by atoms with Crippen molar-refractivity contribution in [2.75, 3.05) is 40.9 Å². The highest BCUT2D eigenvalue weighted by Gasteiger charge is 2.53. The van der Waals surface area contributed by atoms with Crippen LogP contribution < -0.4 is 0 Å². The van der Waals surface area contributed by atoms with E-state index in [1.807, 2.05) is 4.90 Å². The lowest BCUT2D eigenvalue weighted by molar-refractivity contribution is -0.325. The van der Waals surface area contributed by atoms with E-state index >= 15 is 0 Å². The van der Waals surface area contributed by atoms with Gasteiger partial charge in [-0.15, -0.1) is 0 Å². The van der Waals surface area contributed by atoms with Crippen LogP contribution >= 0.6 is 0 Å². The third-order valence-corrected chi connectivity index (χ3v) is 5.60. The summed E-state index contributed by atoms with van der Waals surface area (Å²) in [7, 11) is 4.65. The molecule has 31 heavy (non-hydrogen) atoms. The van der Waals surface area contributed by atoms with Gasteiger partial charge in [0.2, 0.25) is 5.91 Å². The van der Waals surface area contributed by atoms with Crippen molar-refractivity contribution in [2.45, 2.75) is 76.9 Å². The number of carbonyl (C=O) groups excluding carboxylic acids is 3. The van der Waals surface area contributed by atoms with Gasteiger partial charge in [0.25, 0.3) is 0 Å². The molecule has 2 rings (SSSR count). The summed E-state index contributed by atoms with van der Waals surface area (Å²) in [6.45, 7) is 6.25. The molecule has 178 valence electrons. The Bertz CT molecular complexity index is 632. The molecule has 0 aromatic heterocycles. The zero-order valence-electron chi connectivity index (χ0n) is 19.8. The first-order chi connectivity index (χ1) is 14.5. The van der Waals surface area contributed by atoms with Gasteiger partial charge in [0.15, 0.2) is 0 Å². The Balaban J connectivity index is 2.26. The topological polar surface area (TPSA) is 94.6 Å². The lowest BCUT2D eigenvalue weighted by Gasteiger charge is -2.42. The van der Waals surface area contributed by atoms with Crippen molar-refractivity contribution >= 4 is 17.8 Å². The van der Waals surface area contributed by atoms with Crippen molar-refractivity contribution in [2.24, 2.45) is 5.92 Å². The maximum absolute atomic E-state index is 13.4. The summed E-state index contributed by atoms with van der Waals surface area (Å²) in [5.41, 5.74) is -0.747. The lowest BCUT2D eigenvalue weighted by atomic mass is 9.87. The molecule has 0 N–H and O–H groups in total. The average molecular weight is 443 g/mol. The number of likely N-dealkylation sites (N-methyl/N-ethyl adjacent to an activating group) is 1. The molecule has 1 aliphatic carbocycles. The van der Waals surface area contributed by atoms with E-state index < -0.39 is 17.5 Å². The fraction of sp³-hybridized carbons (Fsp3) is 0.864. The van der Waals surface area contributed by atoms with Crippen molar-refractivity contribution < 1.29 is 33.3 Å². The van der Waals surface area contributed by atoms with Crippen LogP contribution in [-0.2, 0) is 33.3 Å². The van der Waals surface area contributed by atoms with Crippen molar-refractivity contribution in [1.29, 1.82) is 0 Å². The van der Waals surface area contributed by atoms with Crippen LogP contribution in [-0.4, -0.2) is 86.2 Å². The third kappa shape index (κ3) is 6.89. The second-order valence-electron chi connectivity index (χ2n) is 9.47. The largest absolute Gasteiger partial charge is 0.469 e. The molecular weight excluding hydrogens is 404 g/mol. The molecule has 0 spiro atoms. The van der Waals surface area contributed by atoms with Gasteiger partial charge in [-0.05, 0) is 59.3 Å². The minimum atomic E-state index is -1.79. The number of likely N-dealkylation sites (tertiary alicyclic amines) is 1. The summed E-state index contributed by atoms with van der Waals surface area (Å²) in [5.74, 6) is -3.10. The van der Waals surface area contributed by atoms with E-state index in [9.17, 15) is 14.4 Å². The first-order valence-electron chi connectivity index (χ1n) is 11.1. The monoisotopic (exact) mass is 442 g/mol. The standard InChI is InChI=1S/C22H38N2O7/c1-21(2,3)31-20(27)22(24-13-7-8-14-24,29-15-18(25)23(4)5)30-17-11-9-16(10-12-17)19(26)28-6/h16-17H,7-15H2,1-6H3. The number of hydrogen-bond donors (Lipinski definition) is 0. The number of esters is 2. The highest BCUT2D eigenvalue weighted by atomic mass is 16.8. The van der Waals surface area contributed by atoms with Gasteiger partial charge in [-0.2, -0.15) is 0 Å². The maximum atomic E-state index is 13.4. The number of ether oxygens (including phenoxy) is 4. The highest BCUT2D eigenvalue weighted by Crippen LogP contribution is 2.35. The molecule has 1 unspecified atom stereocenters. The number of rotatable bonds is 8. The molecule has 1 amide bonds. The van der Waals surface area contributed by atoms with Gasteiger partial charge in [0, 0.05) is 27.2 Å². The number of amides is 1. The van der Waals surface area contributed by atoms with Crippen molar-refractivity contribution in [1.82, 2.24) is 9.80 Å². The summed E-state index contributed by atoms with van der Waals surface area (Å²) in [6.07, 6.45) is 3.88. The molecule has 0 radical (unpaired) electrons. The molecule has 0 aromatic carbocycles. The molecule has 9 heteroatoms. The van der Waals surface area contributed by atoms with Crippen LogP contribution in [0.15, 0.2) is 0 Å². The molecule has 1 heterocycles. The second-order valence-corrected chi connectivity index (χ2v) is 9.47. The Kier molecular flexibility index (Phi) is 8.85. The van der Waals surface area contributed by atoms with E-state index in [1.165, 1.54) is 12.0 Å². The van der Waals surface area contributed by atoms with E-state index in [4.69, 9.17) is 18.9 Å². The van der Waals surface area contributed by atoms with Gasteiger partial charge < -0.3 is 23.8 Å². The van der Waals surface area contributed by atoms with E-state index in [0.717, 1.165) is 12.8 Å². The zero-order valence-corrected chi connectivity index (χ0v) is 19.8. The molecule has 1 saturated heterocycles. The summed E-state index contributed by atoms with van der Waals surface area (Å²) in [5, 5.41) is 0. The van der Waals surface area contributed by atoms with Gasteiger partial charge in [-0.3, -0.25) is 9.59 Å². The van der Waals surface area contributed by atoms with Crippen LogP contribution in [0, 0.1) is 5.92 Å². The molecule has 2 aliphatic rings. The summed E-state index contributed by atoms with van der Waals surface area (Å²) >= 11 is 0. The zero-order chi connectivity index (χ0) is 23.2. The third-order valence-electron chi connectivity index (χ3n) is 5.60. The second kappa shape index (κ2) is 10.7. The molecule has 9 nitrogen and oxygen atoms in total. The maximum Gasteiger partial charge on any atom is 0.384 e. The Morgan fingerprint density at radius 1 is 1.00 bits per heavy atom. The fourth-order valence-corrected chi connectivity index (χ4v) is 3.89. The number of methoxy groups -OCH3 is 1. The first-order valence-corrected chi connectivity index (χ1v) is 11.1. The van der Waals surface area contributed by atoms with Crippen LogP contribution in [0.3, 0.4) is 0 Å². The molecular formula is C22H38N2O7. The molecule has 2 fully saturated rings. The normalized spacial score (nSPS) is 24.3. The number of carbonyl (C=O) groups is 3. The average Bonchev–Trinajstić information content (AvgIpc) is 3.24. The van der Waals surface area contributed by atoms with Crippen LogP contribution in [0.25, 0.3) is 0 Å².